The molecule has 2 rings (SSSR count). The second-order valence-electron chi connectivity index (χ2n) is 3.66. The second-order valence-corrected chi connectivity index (χ2v) is 3.66. The van der Waals surface area contributed by atoms with Crippen LogP contribution in [0.4, 0.5) is 0 Å². The molecule has 2 aromatic heterocycles. The summed E-state index contributed by atoms with van der Waals surface area (Å²) in [5.74, 6) is -0.111. The van der Waals surface area contributed by atoms with E-state index in [2.05, 4.69) is 20.2 Å². The number of hydrogen-bond donors (Lipinski definition) is 0. The molecule has 0 N–H and O–H groups in total. The van der Waals surface area contributed by atoms with E-state index >= 15 is 0 Å². The third-order valence-electron chi connectivity index (χ3n) is 2.39. The Morgan fingerprint density at radius 2 is 1.94 bits per heavy atom. The zero-order valence-electron chi connectivity index (χ0n) is 9.71. The van der Waals surface area contributed by atoms with E-state index in [0.717, 1.165) is 5.69 Å². The summed E-state index contributed by atoms with van der Waals surface area (Å²) < 4.78 is 0. The van der Waals surface area contributed by atoms with Gasteiger partial charge in [0.15, 0.2) is 5.78 Å². The standard InChI is InChI=1S/C12H12N4O/c1-3-11-10(4-8(2)15-16-11)12(17)9-5-13-7-14-6-9/h4-7H,3H2,1-2H3. The number of aromatic nitrogens is 4. The van der Waals surface area contributed by atoms with Crippen molar-refractivity contribution >= 4 is 5.78 Å². The first kappa shape index (κ1) is 11.3. The molecule has 0 bridgehead atoms. The van der Waals surface area contributed by atoms with Gasteiger partial charge in [-0.15, -0.1) is 0 Å². The van der Waals surface area contributed by atoms with Gasteiger partial charge in [-0.3, -0.25) is 4.79 Å². The zero-order valence-corrected chi connectivity index (χ0v) is 9.71. The van der Waals surface area contributed by atoms with Crippen molar-refractivity contribution in [3.05, 3.63) is 47.3 Å². The molecule has 0 atom stereocenters. The van der Waals surface area contributed by atoms with E-state index in [0.29, 0.717) is 23.2 Å². The number of rotatable bonds is 3. The van der Waals surface area contributed by atoms with Crippen molar-refractivity contribution in [3.63, 3.8) is 0 Å². The molecule has 5 heteroatoms. The lowest BCUT2D eigenvalue weighted by atomic mass is 10.0. The maximum atomic E-state index is 12.2. The molecule has 0 aliphatic rings. The van der Waals surface area contributed by atoms with Gasteiger partial charge in [0.1, 0.15) is 6.33 Å². The number of carbonyl (C=O) groups is 1. The van der Waals surface area contributed by atoms with Crippen molar-refractivity contribution in [2.75, 3.05) is 0 Å². The second kappa shape index (κ2) is 4.78. The van der Waals surface area contributed by atoms with Gasteiger partial charge in [-0.2, -0.15) is 10.2 Å². The van der Waals surface area contributed by atoms with Crippen molar-refractivity contribution in [1.82, 2.24) is 20.2 Å². The fourth-order valence-electron chi connectivity index (χ4n) is 1.54. The van der Waals surface area contributed by atoms with Gasteiger partial charge < -0.3 is 0 Å². The fourth-order valence-corrected chi connectivity index (χ4v) is 1.54. The molecule has 0 saturated carbocycles. The van der Waals surface area contributed by atoms with Crippen LogP contribution in [0.1, 0.15) is 34.2 Å². The van der Waals surface area contributed by atoms with Gasteiger partial charge in [-0.05, 0) is 19.4 Å². The highest BCUT2D eigenvalue weighted by molar-refractivity contribution is 6.09. The van der Waals surface area contributed by atoms with E-state index in [1.54, 1.807) is 6.07 Å². The van der Waals surface area contributed by atoms with Crippen LogP contribution in [0, 0.1) is 6.92 Å². The minimum Gasteiger partial charge on any atom is -0.288 e. The molecule has 0 radical (unpaired) electrons. The molecule has 0 aliphatic carbocycles. The molecular weight excluding hydrogens is 216 g/mol. The highest BCUT2D eigenvalue weighted by Gasteiger charge is 2.15. The van der Waals surface area contributed by atoms with Crippen LogP contribution in [0.25, 0.3) is 0 Å². The topological polar surface area (TPSA) is 68.6 Å². The van der Waals surface area contributed by atoms with Crippen LogP contribution < -0.4 is 0 Å². The van der Waals surface area contributed by atoms with Gasteiger partial charge in [-0.25, -0.2) is 9.97 Å². The maximum Gasteiger partial charge on any atom is 0.198 e. The largest absolute Gasteiger partial charge is 0.288 e. The molecule has 17 heavy (non-hydrogen) atoms. The van der Waals surface area contributed by atoms with E-state index in [9.17, 15) is 4.79 Å². The minimum atomic E-state index is -0.111. The van der Waals surface area contributed by atoms with Crippen LogP contribution in [0.2, 0.25) is 0 Å². The van der Waals surface area contributed by atoms with E-state index in [4.69, 9.17) is 0 Å². The summed E-state index contributed by atoms with van der Waals surface area (Å²) in [6, 6.07) is 1.75. The van der Waals surface area contributed by atoms with E-state index in [1.165, 1.54) is 18.7 Å². The molecule has 0 spiro atoms. The summed E-state index contributed by atoms with van der Waals surface area (Å²) in [5.41, 5.74) is 2.47. The summed E-state index contributed by atoms with van der Waals surface area (Å²) in [5, 5.41) is 7.98. The highest BCUT2D eigenvalue weighted by Crippen LogP contribution is 2.12. The molecular formula is C12H12N4O. The Hall–Kier alpha value is -2.17. The number of ketones is 1. The predicted octanol–water partition coefficient (Wildman–Crippen LogP) is 1.37. The summed E-state index contributed by atoms with van der Waals surface area (Å²) in [4.78, 5) is 19.9. The molecule has 2 heterocycles. The van der Waals surface area contributed by atoms with Crippen LogP contribution in [-0.4, -0.2) is 25.9 Å². The highest BCUT2D eigenvalue weighted by atomic mass is 16.1. The van der Waals surface area contributed by atoms with Crippen LogP contribution >= 0.6 is 0 Å². The third kappa shape index (κ3) is 2.33. The Morgan fingerprint density at radius 1 is 1.24 bits per heavy atom. The molecule has 5 nitrogen and oxygen atoms in total. The van der Waals surface area contributed by atoms with Crippen molar-refractivity contribution in [2.45, 2.75) is 20.3 Å². The van der Waals surface area contributed by atoms with Gasteiger partial charge in [0.05, 0.1) is 17.0 Å². The first-order valence-electron chi connectivity index (χ1n) is 5.35. The lowest BCUT2D eigenvalue weighted by Crippen LogP contribution is -2.09. The Labute approximate surface area is 99.0 Å². The Balaban J connectivity index is 2.47. The summed E-state index contributed by atoms with van der Waals surface area (Å²) in [6.07, 6.45) is 5.07. The quantitative estimate of drug-likeness (QED) is 0.742. The average molecular weight is 228 g/mol. The van der Waals surface area contributed by atoms with Crippen LogP contribution in [0.5, 0.6) is 0 Å². The monoisotopic (exact) mass is 228 g/mol. The third-order valence-corrected chi connectivity index (χ3v) is 2.39. The van der Waals surface area contributed by atoms with E-state index in [-0.39, 0.29) is 5.78 Å². The predicted molar refractivity (Wildman–Crippen MR) is 61.6 cm³/mol. The van der Waals surface area contributed by atoms with Crippen LogP contribution in [0.15, 0.2) is 24.8 Å². The Morgan fingerprint density at radius 3 is 2.59 bits per heavy atom. The Bertz CT molecular complexity index is 539. The van der Waals surface area contributed by atoms with E-state index < -0.39 is 0 Å². The SMILES string of the molecule is CCc1nnc(C)cc1C(=O)c1cncnc1. The van der Waals surface area contributed by atoms with Crippen LogP contribution in [-0.2, 0) is 6.42 Å². The summed E-state index contributed by atoms with van der Waals surface area (Å²) >= 11 is 0. The van der Waals surface area contributed by atoms with Gasteiger partial charge >= 0.3 is 0 Å². The van der Waals surface area contributed by atoms with Crippen molar-refractivity contribution < 1.29 is 4.79 Å². The Kier molecular flexibility index (Phi) is 3.18. The van der Waals surface area contributed by atoms with Gasteiger partial charge in [0, 0.05) is 18.0 Å². The van der Waals surface area contributed by atoms with Gasteiger partial charge in [0.25, 0.3) is 0 Å². The number of carbonyl (C=O) groups excluding carboxylic acids is 1. The van der Waals surface area contributed by atoms with Crippen molar-refractivity contribution in [2.24, 2.45) is 0 Å². The first-order chi connectivity index (χ1) is 8.22. The van der Waals surface area contributed by atoms with Crippen molar-refractivity contribution in [3.8, 4) is 0 Å². The van der Waals surface area contributed by atoms with Gasteiger partial charge in [0.2, 0.25) is 0 Å². The lowest BCUT2D eigenvalue weighted by molar-refractivity contribution is 0.103. The number of aryl methyl sites for hydroxylation is 2. The lowest BCUT2D eigenvalue weighted by Gasteiger charge is -2.05. The zero-order chi connectivity index (χ0) is 12.3. The molecule has 0 amide bonds. The molecule has 0 aromatic carbocycles. The normalized spacial score (nSPS) is 10.2. The van der Waals surface area contributed by atoms with E-state index in [1.807, 2.05) is 13.8 Å². The summed E-state index contributed by atoms with van der Waals surface area (Å²) in [6.45, 7) is 3.75. The maximum absolute atomic E-state index is 12.2. The van der Waals surface area contributed by atoms with Crippen molar-refractivity contribution in [1.29, 1.82) is 0 Å². The van der Waals surface area contributed by atoms with Gasteiger partial charge in [-0.1, -0.05) is 6.92 Å². The number of nitrogens with zero attached hydrogens (tertiary/aromatic N) is 4. The van der Waals surface area contributed by atoms with Crippen LogP contribution in [0.3, 0.4) is 0 Å². The summed E-state index contributed by atoms with van der Waals surface area (Å²) in [7, 11) is 0. The molecule has 0 aliphatic heterocycles. The molecule has 0 unspecified atom stereocenters. The minimum absolute atomic E-state index is 0.111. The molecule has 2 aromatic rings. The first-order valence-corrected chi connectivity index (χ1v) is 5.35. The molecule has 0 saturated heterocycles. The number of hydrogen-bond acceptors (Lipinski definition) is 5. The smallest absolute Gasteiger partial charge is 0.198 e. The molecule has 0 fully saturated rings. The average Bonchev–Trinajstić information content (AvgIpc) is 2.39. The fraction of sp³-hybridized carbons (Fsp3) is 0.250. The molecule has 86 valence electrons.